The molecule has 3 aromatic rings. The molecule has 98 valence electrons. The van der Waals surface area contributed by atoms with Crippen molar-refractivity contribution in [3.63, 3.8) is 0 Å². The summed E-state index contributed by atoms with van der Waals surface area (Å²) < 4.78 is 3.89. The number of halogens is 1. The van der Waals surface area contributed by atoms with Gasteiger partial charge >= 0.3 is 0 Å². The van der Waals surface area contributed by atoms with E-state index in [0.717, 1.165) is 22.8 Å². The molecule has 3 aromatic heterocycles. The molecular weight excluding hydrogens is 264 g/mol. The Morgan fingerprint density at radius 1 is 1.42 bits per heavy atom. The van der Waals surface area contributed by atoms with Crippen molar-refractivity contribution in [3.8, 4) is 0 Å². The molecule has 0 aliphatic heterocycles. The lowest BCUT2D eigenvalue weighted by Gasteiger charge is -2.15. The molecule has 19 heavy (non-hydrogen) atoms. The molecule has 0 amide bonds. The summed E-state index contributed by atoms with van der Waals surface area (Å²) in [7, 11) is 1.92. The van der Waals surface area contributed by atoms with Crippen LogP contribution >= 0.6 is 11.6 Å². The SMILES string of the molecule is CC(c1nncn1C)n1c(CCl)nc2cccnc21. The van der Waals surface area contributed by atoms with Crippen molar-refractivity contribution in [1.29, 1.82) is 0 Å². The van der Waals surface area contributed by atoms with Gasteiger partial charge in [-0.2, -0.15) is 0 Å². The Morgan fingerprint density at radius 3 is 2.95 bits per heavy atom. The first-order valence-corrected chi connectivity index (χ1v) is 6.47. The fraction of sp³-hybridized carbons (Fsp3) is 0.333. The summed E-state index contributed by atoms with van der Waals surface area (Å²) in [5, 5.41) is 8.06. The molecule has 1 atom stereocenters. The maximum atomic E-state index is 5.99. The summed E-state index contributed by atoms with van der Waals surface area (Å²) in [5.41, 5.74) is 1.65. The van der Waals surface area contributed by atoms with Crippen molar-refractivity contribution >= 4 is 22.8 Å². The van der Waals surface area contributed by atoms with E-state index in [9.17, 15) is 0 Å². The van der Waals surface area contributed by atoms with Gasteiger partial charge in [0, 0.05) is 13.2 Å². The lowest BCUT2D eigenvalue weighted by Crippen LogP contribution is -2.14. The summed E-state index contributed by atoms with van der Waals surface area (Å²) in [6, 6.07) is 3.77. The number of imidazole rings is 1. The highest BCUT2D eigenvalue weighted by Gasteiger charge is 2.20. The van der Waals surface area contributed by atoms with Crippen LogP contribution in [-0.2, 0) is 12.9 Å². The number of nitrogens with zero attached hydrogens (tertiary/aromatic N) is 6. The smallest absolute Gasteiger partial charge is 0.160 e. The summed E-state index contributed by atoms with van der Waals surface area (Å²) in [6.07, 6.45) is 3.43. The normalized spacial score (nSPS) is 13.0. The Labute approximate surface area is 115 Å². The van der Waals surface area contributed by atoms with Gasteiger partial charge in [0.25, 0.3) is 0 Å². The topological polar surface area (TPSA) is 61.4 Å². The zero-order valence-electron chi connectivity index (χ0n) is 10.7. The van der Waals surface area contributed by atoms with Crippen LogP contribution in [0.5, 0.6) is 0 Å². The molecule has 0 aliphatic rings. The average Bonchev–Trinajstić information content (AvgIpc) is 3.01. The summed E-state index contributed by atoms with van der Waals surface area (Å²) >= 11 is 5.99. The van der Waals surface area contributed by atoms with Gasteiger partial charge < -0.3 is 9.13 Å². The minimum absolute atomic E-state index is 0.0267. The predicted octanol–water partition coefficient (Wildman–Crippen LogP) is 1.91. The highest BCUT2D eigenvalue weighted by molar-refractivity contribution is 6.16. The van der Waals surface area contributed by atoms with Gasteiger partial charge in [-0.25, -0.2) is 9.97 Å². The van der Waals surface area contributed by atoms with Crippen LogP contribution in [0, 0.1) is 0 Å². The second-order valence-electron chi connectivity index (χ2n) is 4.35. The standard InChI is InChI=1S/C12H13ClN6/c1-8(11-17-15-7-18(11)2)19-10(6-13)16-9-4-3-5-14-12(9)19/h3-5,7-8H,6H2,1-2H3. The Morgan fingerprint density at radius 2 is 2.26 bits per heavy atom. The Balaban J connectivity index is 2.21. The van der Waals surface area contributed by atoms with Gasteiger partial charge in [0.15, 0.2) is 11.5 Å². The summed E-state index contributed by atoms with van der Waals surface area (Å²) in [6.45, 7) is 2.04. The second-order valence-corrected chi connectivity index (χ2v) is 4.62. The Kier molecular flexibility index (Phi) is 2.94. The van der Waals surface area contributed by atoms with Crippen LogP contribution in [0.15, 0.2) is 24.7 Å². The molecule has 0 radical (unpaired) electrons. The highest BCUT2D eigenvalue weighted by atomic mass is 35.5. The van der Waals surface area contributed by atoms with E-state index < -0.39 is 0 Å². The molecule has 6 nitrogen and oxygen atoms in total. The van der Waals surface area contributed by atoms with Gasteiger partial charge in [0.2, 0.25) is 0 Å². The first-order valence-electron chi connectivity index (χ1n) is 5.94. The van der Waals surface area contributed by atoms with Gasteiger partial charge in [-0.15, -0.1) is 21.8 Å². The van der Waals surface area contributed by atoms with E-state index in [2.05, 4.69) is 20.2 Å². The molecule has 0 aliphatic carbocycles. The number of pyridine rings is 1. The molecule has 0 bridgehead atoms. The van der Waals surface area contributed by atoms with E-state index in [1.165, 1.54) is 0 Å². The maximum absolute atomic E-state index is 5.99. The Bertz CT molecular complexity index is 716. The summed E-state index contributed by atoms with van der Waals surface area (Å²) in [4.78, 5) is 8.90. The van der Waals surface area contributed by atoms with Crippen LogP contribution in [0.2, 0.25) is 0 Å². The predicted molar refractivity (Wildman–Crippen MR) is 71.9 cm³/mol. The molecule has 1 unspecified atom stereocenters. The molecule has 0 aromatic carbocycles. The highest BCUT2D eigenvalue weighted by Crippen LogP contribution is 2.24. The number of hydrogen-bond donors (Lipinski definition) is 0. The number of alkyl halides is 1. The third-order valence-electron chi connectivity index (χ3n) is 3.15. The monoisotopic (exact) mass is 276 g/mol. The first kappa shape index (κ1) is 12.1. The molecule has 0 saturated heterocycles. The minimum Gasteiger partial charge on any atom is -0.319 e. The number of aryl methyl sites for hydroxylation is 1. The fourth-order valence-corrected chi connectivity index (χ4v) is 2.45. The van der Waals surface area contributed by atoms with Gasteiger partial charge in [0.1, 0.15) is 17.7 Å². The summed E-state index contributed by atoms with van der Waals surface area (Å²) in [5.74, 6) is 1.96. The van der Waals surface area contributed by atoms with Crippen LogP contribution in [0.3, 0.4) is 0 Å². The van der Waals surface area contributed by atoms with Crippen molar-refractivity contribution in [3.05, 3.63) is 36.3 Å². The number of fused-ring (bicyclic) bond motifs is 1. The zero-order chi connectivity index (χ0) is 13.4. The third kappa shape index (κ3) is 1.88. The number of rotatable bonds is 3. The third-order valence-corrected chi connectivity index (χ3v) is 3.39. The quantitative estimate of drug-likeness (QED) is 0.686. The van der Waals surface area contributed by atoms with Crippen LogP contribution < -0.4 is 0 Å². The van der Waals surface area contributed by atoms with Crippen molar-refractivity contribution in [2.24, 2.45) is 7.05 Å². The second kappa shape index (κ2) is 4.62. The fourth-order valence-electron chi connectivity index (χ4n) is 2.26. The first-order chi connectivity index (χ1) is 9.22. The van der Waals surface area contributed by atoms with Crippen molar-refractivity contribution < 1.29 is 0 Å². The molecule has 7 heteroatoms. The maximum Gasteiger partial charge on any atom is 0.160 e. The molecule has 0 N–H and O–H groups in total. The van der Waals surface area contributed by atoms with Gasteiger partial charge in [-0.05, 0) is 19.1 Å². The van der Waals surface area contributed by atoms with E-state index in [1.807, 2.05) is 35.2 Å². The van der Waals surface area contributed by atoms with E-state index in [1.54, 1.807) is 12.5 Å². The van der Waals surface area contributed by atoms with Crippen molar-refractivity contribution in [2.75, 3.05) is 0 Å². The molecule has 0 saturated carbocycles. The van der Waals surface area contributed by atoms with Gasteiger partial charge in [-0.3, -0.25) is 0 Å². The van der Waals surface area contributed by atoms with Crippen molar-refractivity contribution in [2.45, 2.75) is 18.8 Å². The minimum atomic E-state index is -0.0267. The molecule has 3 rings (SSSR count). The average molecular weight is 277 g/mol. The lowest BCUT2D eigenvalue weighted by atomic mass is 10.3. The van der Waals surface area contributed by atoms with Crippen molar-refractivity contribution in [1.82, 2.24) is 29.3 Å². The van der Waals surface area contributed by atoms with E-state index in [4.69, 9.17) is 11.6 Å². The van der Waals surface area contributed by atoms with Crippen LogP contribution in [0.1, 0.15) is 24.6 Å². The van der Waals surface area contributed by atoms with Gasteiger partial charge in [0.05, 0.1) is 11.9 Å². The Hall–Kier alpha value is -1.95. The zero-order valence-corrected chi connectivity index (χ0v) is 11.4. The van der Waals surface area contributed by atoms with E-state index in [-0.39, 0.29) is 6.04 Å². The van der Waals surface area contributed by atoms with E-state index in [0.29, 0.717) is 5.88 Å². The van der Waals surface area contributed by atoms with Crippen LogP contribution in [0.25, 0.3) is 11.2 Å². The van der Waals surface area contributed by atoms with E-state index >= 15 is 0 Å². The molecule has 0 fully saturated rings. The largest absolute Gasteiger partial charge is 0.319 e. The molecular formula is C12H13ClN6. The lowest BCUT2D eigenvalue weighted by molar-refractivity contribution is 0.568. The molecule has 3 heterocycles. The van der Waals surface area contributed by atoms with Crippen LogP contribution in [-0.4, -0.2) is 29.3 Å². The van der Waals surface area contributed by atoms with Crippen LogP contribution in [0.4, 0.5) is 0 Å². The molecule has 0 spiro atoms. The number of hydrogen-bond acceptors (Lipinski definition) is 4. The number of aromatic nitrogens is 6. The van der Waals surface area contributed by atoms with Gasteiger partial charge in [-0.1, -0.05) is 0 Å².